The first kappa shape index (κ1) is 56.5. The number of nitrogens with zero attached hydrogens (tertiary/aromatic N) is 9. The van der Waals surface area contributed by atoms with Gasteiger partial charge in [0, 0.05) is 66.5 Å². The second-order valence-corrected chi connectivity index (χ2v) is 15.2. The van der Waals surface area contributed by atoms with Crippen LogP contribution in [0, 0.1) is 17.5 Å². The molecule has 0 amide bonds. The van der Waals surface area contributed by atoms with Crippen LogP contribution < -0.4 is 0 Å². The van der Waals surface area contributed by atoms with Crippen LogP contribution >= 0.6 is 77.1 Å². The fourth-order valence-electron chi connectivity index (χ4n) is 6.32. The zero-order chi connectivity index (χ0) is 49.4. The molecule has 0 bridgehead atoms. The average molecular weight is 1360 g/mol. The van der Waals surface area contributed by atoms with Gasteiger partial charge in [-0.3, -0.25) is 0 Å². The van der Waals surface area contributed by atoms with Crippen molar-refractivity contribution in [2.24, 2.45) is 0 Å². The highest BCUT2D eigenvalue weighted by atomic mass is 128. The number of benzene rings is 3. The van der Waals surface area contributed by atoms with Gasteiger partial charge in [0.1, 0.15) is 17.5 Å². The zero-order valence-corrected chi connectivity index (χ0v) is 44.7. The van der Waals surface area contributed by atoms with Crippen LogP contribution in [-0.2, 0) is 9.47 Å². The summed E-state index contributed by atoms with van der Waals surface area (Å²) in [6.45, 7) is 11.5. The molecule has 0 fully saturated rings. The van der Waals surface area contributed by atoms with E-state index in [1.54, 1.807) is 55.5 Å². The third-order valence-electron chi connectivity index (χ3n) is 9.58. The predicted molar refractivity (Wildman–Crippen MR) is 294 cm³/mol. The molecule has 15 nitrogen and oxygen atoms in total. The van der Waals surface area contributed by atoms with Gasteiger partial charge in [-0.25, -0.2) is 56.1 Å². The molecule has 0 aliphatic rings. The summed E-state index contributed by atoms with van der Waals surface area (Å²) in [5.74, 6) is -3.15. The van der Waals surface area contributed by atoms with Crippen LogP contribution in [0.4, 0.5) is 13.2 Å². The summed E-state index contributed by atoms with van der Waals surface area (Å²) in [5, 5.41) is 22.2. The normalized spacial score (nSPS) is 10.3. The number of halogens is 7. The van der Waals surface area contributed by atoms with Gasteiger partial charge in [0.15, 0.2) is 34.0 Å². The van der Waals surface area contributed by atoms with E-state index in [9.17, 15) is 27.6 Å². The quantitative estimate of drug-likeness (QED) is 0.112. The van der Waals surface area contributed by atoms with E-state index in [4.69, 9.17) is 5.11 Å². The van der Waals surface area contributed by atoms with Gasteiger partial charge in [0.25, 0.3) is 0 Å². The minimum Gasteiger partial charge on any atom is -0.476 e. The Bertz CT molecular complexity index is 3380. The van der Waals surface area contributed by atoms with E-state index < -0.39 is 17.9 Å². The fourth-order valence-corrected chi connectivity index (χ4v) is 6.80. The molecule has 70 heavy (non-hydrogen) atoms. The van der Waals surface area contributed by atoms with Gasteiger partial charge < -0.3 is 14.6 Å². The lowest BCUT2D eigenvalue weighted by atomic mass is 10.1. The summed E-state index contributed by atoms with van der Waals surface area (Å²) in [4.78, 5) is 46.7. The van der Waals surface area contributed by atoms with E-state index in [0.29, 0.717) is 44.1 Å². The molecule has 0 radical (unpaired) electrons. The van der Waals surface area contributed by atoms with E-state index in [1.807, 2.05) is 13.0 Å². The Morgan fingerprint density at radius 3 is 1.21 bits per heavy atom. The summed E-state index contributed by atoms with van der Waals surface area (Å²) >= 11 is 7.63. The maximum absolute atomic E-state index is 13.1. The van der Waals surface area contributed by atoms with Crippen molar-refractivity contribution in [2.75, 3.05) is 14.2 Å². The van der Waals surface area contributed by atoms with Gasteiger partial charge in [-0.1, -0.05) is 20.6 Å². The van der Waals surface area contributed by atoms with Crippen LogP contribution in [0.25, 0.3) is 61.9 Å². The van der Waals surface area contributed by atoms with Gasteiger partial charge in [0.05, 0.1) is 54.4 Å². The molecule has 0 saturated carbocycles. The minimum absolute atomic E-state index is 0. The predicted octanol–water partition coefficient (Wildman–Crippen LogP) is 13.0. The number of ether oxygens (including phenoxy) is 2. The number of hydrogen-bond acceptors (Lipinski definition) is 11. The standard InChI is InChI=1S/C17H14FN3O2.C16H12FN3O2.C14H9BrFN3O2.CH4.I2.HI.H2/c1-10(2)13-8-14(11-4-6-12(18)7-5-11)20-21-9-15(17(22)23-3)19-16(13)21;1-9(2)12-7-13(10-3-5-11(17)6-4-10)19-20-8-14(16(21)22)18-15(12)20;1-21-14(20)12-7-19-13(17-12)10(15)6-11(18-19)8-2-4-9(16)5-3-8;;1-2;;/h4-9H,1H2,2-3H3;3-8H,1H2,2H3,(H,21,22);2-7H,1H3;1H4;;2*1H/i;;;;;;1+1. The molecule has 9 rings (SSSR count). The van der Waals surface area contributed by atoms with Crippen molar-refractivity contribution < 1.29 is 43.6 Å². The number of esters is 2. The number of rotatable bonds is 8. The number of aromatic nitrogens is 9. The van der Waals surface area contributed by atoms with Crippen LogP contribution in [0.5, 0.6) is 0 Å². The van der Waals surface area contributed by atoms with Crippen LogP contribution in [0.15, 0.2) is 127 Å². The molecular formula is C48H42BrF3I3N9O6. The number of aromatic carboxylic acids is 1. The monoisotopic (exact) mass is 1360 g/mol. The molecule has 0 atom stereocenters. The van der Waals surface area contributed by atoms with Crippen molar-refractivity contribution in [1.29, 1.82) is 0 Å². The maximum Gasteiger partial charge on any atom is 0.358 e. The van der Waals surface area contributed by atoms with Crippen LogP contribution in [0.2, 0.25) is 0 Å². The number of carboxylic acid groups (broad SMARTS) is 1. The van der Waals surface area contributed by atoms with Crippen molar-refractivity contribution in [3.8, 4) is 33.8 Å². The van der Waals surface area contributed by atoms with E-state index in [0.717, 1.165) is 33.4 Å². The van der Waals surface area contributed by atoms with Gasteiger partial charge >= 0.3 is 17.9 Å². The maximum atomic E-state index is 13.1. The second-order valence-electron chi connectivity index (χ2n) is 14.3. The highest BCUT2D eigenvalue weighted by Crippen LogP contribution is 2.28. The summed E-state index contributed by atoms with van der Waals surface area (Å²) < 4.78 is 53.5. The highest BCUT2D eigenvalue weighted by molar-refractivity contribution is 15.0. The lowest BCUT2D eigenvalue weighted by Crippen LogP contribution is -2.00. The molecule has 9 aromatic rings. The number of carbonyl (C=O) groups excluding carboxylic acids is 2. The number of carbonyl (C=O) groups is 3. The molecule has 0 aliphatic heterocycles. The minimum atomic E-state index is -1.12. The van der Waals surface area contributed by atoms with Crippen molar-refractivity contribution in [3.63, 3.8) is 0 Å². The van der Waals surface area contributed by atoms with E-state index >= 15 is 0 Å². The first-order chi connectivity index (χ1) is 32.5. The number of imidazole rings is 3. The van der Waals surface area contributed by atoms with Crippen molar-refractivity contribution in [3.05, 3.63) is 173 Å². The summed E-state index contributed by atoms with van der Waals surface area (Å²) in [6, 6.07) is 23.3. The van der Waals surface area contributed by atoms with Gasteiger partial charge in [-0.15, -0.1) is 24.0 Å². The average Bonchev–Trinajstić information content (AvgIpc) is 4.10. The Balaban J connectivity index is 0.000000271. The number of allylic oxidation sites excluding steroid dienone is 2. The molecule has 0 saturated heterocycles. The fraction of sp³-hybridized carbons (Fsp3) is 0.104. The molecular weight excluding hydrogens is 1320 g/mol. The Hall–Kier alpha value is -6.13. The summed E-state index contributed by atoms with van der Waals surface area (Å²) in [6.07, 6.45) is 4.33. The molecule has 1 N–H and O–H groups in total. The molecule has 0 aliphatic carbocycles. The van der Waals surface area contributed by atoms with Gasteiger partial charge in [-0.05, 0) is 132 Å². The number of hydrogen-bond donors (Lipinski definition) is 1. The molecule has 0 unspecified atom stereocenters. The van der Waals surface area contributed by atoms with Crippen LogP contribution in [-0.4, -0.2) is 81.0 Å². The number of methoxy groups -OCH3 is 2. The van der Waals surface area contributed by atoms with Gasteiger partial charge in [0.2, 0.25) is 0 Å². The van der Waals surface area contributed by atoms with Crippen LogP contribution in [0.3, 0.4) is 0 Å². The summed E-state index contributed by atoms with van der Waals surface area (Å²) in [7, 11) is 2.59. The van der Waals surface area contributed by atoms with E-state index in [1.165, 1.54) is 82.8 Å². The number of carboxylic acids is 1. The van der Waals surface area contributed by atoms with E-state index in [-0.39, 0.29) is 67.4 Å². The Kier molecular flexibility index (Phi) is 20.3. The highest BCUT2D eigenvalue weighted by Gasteiger charge is 2.18. The largest absolute Gasteiger partial charge is 0.476 e. The Morgan fingerprint density at radius 2 is 0.886 bits per heavy atom. The molecule has 6 aromatic heterocycles. The van der Waals surface area contributed by atoms with Crippen LogP contribution in [0.1, 0.15) is 65.3 Å². The van der Waals surface area contributed by atoms with Crippen molar-refractivity contribution in [2.45, 2.75) is 21.3 Å². The van der Waals surface area contributed by atoms with Gasteiger partial charge in [-0.2, -0.15) is 15.3 Å². The zero-order valence-electron chi connectivity index (χ0n) is 36.5. The lowest BCUT2D eigenvalue weighted by Gasteiger charge is -2.07. The lowest BCUT2D eigenvalue weighted by molar-refractivity contribution is 0.0586. The Labute approximate surface area is 448 Å². The number of fused-ring (bicyclic) bond motifs is 3. The first-order valence-electron chi connectivity index (χ1n) is 19.5. The van der Waals surface area contributed by atoms with Crippen molar-refractivity contribution >= 4 is 123 Å². The molecule has 6 heterocycles. The molecule has 22 heteroatoms. The molecule has 0 spiro atoms. The topological polar surface area (TPSA) is 180 Å². The smallest absolute Gasteiger partial charge is 0.358 e. The van der Waals surface area contributed by atoms with Crippen molar-refractivity contribution in [1.82, 2.24) is 43.8 Å². The third-order valence-corrected chi connectivity index (χ3v) is 10.2. The molecule has 3 aromatic carbocycles. The Morgan fingerprint density at radius 1 is 0.586 bits per heavy atom. The second kappa shape index (κ2) is 25.1. The summed E-state index contributed by atoms with van der Waals surface area (Å²) in [5.41, 5.74) is 8.73. The van der Waals surface area contributed by atoms with E-state index in [2.05, 4.69) is 106 Å². The first-order valence-corrected chi connectivity index (χ1v) is 26.6. The molecule has 364 valence electrons. The third kappa shape index (κ3) is 13.2. The SMILES string of the molecule is C.C=C(C)c1cc(-c2ccc(F)cc2)nn2cc(C(=O)O)nc12.C=C(C)c1cc(-c2ccc(F)cc2)nn2cc(C(=O)OC)nc12.COC(=O)c1cn2nc(-c3ccc(F)cc3)cc(Br)c2n1.I.II.[2HH].